The zero-order chi connectivity index (χ0) is 13.0. The van der Waals surface area contributed by atoms with Crippen LogP contribution in [0.5, 0.6) is 0 Å². The van der Waals surface area contributed by atoms with Gasteiger partial charge in [0.1, 0.15) is 5.84 Å². The van der Waals surface area contributed by atoms with Crippen LogP contribution < -0.4 is 5.73 Å². The van der Waals surface area contributed by atoms with Gasteiger partial charge in [0.15, 0.2) is 0 Å². The number of nitrogen functional groups attached to an aromatic ring is 1. The summed E-state index contributed by atoms with van der Waals surface area (Å²) in [5, 5.41) is 7.40. The highest BCUT2D eigenvalue weighted by Crippen LogP contribution is 2.16. The number of nitrogens with two attached hydrogens (primary N) is 1. The second kappa shape index (κ2) is 5.73. The van der Waals surface area contributed by atoms with Crippen LogP contribution in [0.4, 0.5) is 0 Å². The molecule has 1 aliphatic rings. The van der Waals surface area contributed by atoms with Gasteiger partial charge in [-0.05, 0) is 38.1 Å². The van der Waals surface area contributed by atoms with Crippen molar-refractivity contribution in [2.45, 2.75) is 19.4 Å². The zero-order valence-electron chi connectivity index (χ0n) is 10.2. The predicted molar refractivity (Wildman–Crippen MR) is 68.9 cm³/mol. The second-order valence-corrected chi connectivity index (χ2v) is 4.62. The molecular weight excluding hydrogens is 228 g/mol. The maximum Gasteiger partial charge on any atom is 0.201 e. The Kier molecular flexibility index (Phi) is 4.04. The first-order valence-electron chi connectivity index (χ1n) is 6.08. The van der Waals surface area contributed by atoms with Crippen molar-refractivity contribution >= 4 is 12.1 Å². The van der Waals surface area contributed by atoms with Crippen LogP contribution in [0.25, 0.3) is 0 Å². The third-order valence-electron chi connectivity index (χ3n) is 3.27. The summed E-state index contributed by atoms with van der Waals surface area (Å²) in [6, 6.07) is 3.58. The fourth-order valence-corrected chi connectivity index (χ4v) is 2.17. The van der Waals surface area contributed by atoms with Crippen molar-refractivity contribution in [3.05, 3.63) is 29.6 Å². The van der Waals surface area contributed by atoms with E-state index in [1.165, 1.54) is 0 Å². The van der Waals surface area contributed by atoms with E-state index in [4.69, 9.17) is 11.1 Å². The normalized spacial score (nSPS) is 17.6. The first-order chi connectivity index (χ1) is 8.69. The number of piperidine rings is 1. The predicted octanol–water partition coefficient (Wildman–Crippen LogP) is 0.687. The standard InChI is InChI=1S/C13H17N4O/c14-13(15)11-1-4-16-12(7-11)8-17-5-2-10(9-18)3-6-17/h1,4,7,10H,2-3,5-6,8H2,(H3,14,15). The molecule has 1 radical (unpaired) electrons. The molecule has 2 heterocycles. The summed E-state index contributed by atoms with van der Waals surface area (Å²) in [5.74, 6) is 0.158. The van der Waals surface area contributed by atoms with Gasteiger partial charge < -0.3 is 5.73 Å². The summed E-state index contributed by atoms with van der Waals surface area (Å²) >= 11 is 0. The minimum atomic E-state index is 0.0629. The second-order valence-electron chi connectivity index (χ2n) is 4.62. The van der Waals surface area contributed by atoms with E-state index in [2.05, 4.69) is 16.2 Å². The number of nitrogens with one attached hydrogen (secondary N) is 1. The van der Waals surface area contributed by atoms with Crippen molar-refractivity contribution in [2.24, 2.45) is 11.7 Å². The quantitative estimate of drug-likeness (QED) is 0.604. The van der Waals surface area contributed by atoms with Gasteiger partial charge in [-0.25, -0.2) is 0 Å². The minimum absolute atomic E-state index is 0.0629. The molecule has 1 saturated heterocycles. The summed E-state index contributed by atoms with van der Waals surface area (Å²) in [6.07, 6.45) is 5.50. The van der Waals surface area contributed by atoms with E-state index < -0.39 is 0 Å². The van der Waals surface area contributed by atoms with Crippen LogP contribution in [0.3, 0.4) is 0 Å². The smallest absolute Gasteiger partial charge is 0.201 e. The van der Waals surface area contributed by atoms with Gasteiger partial charge in [0.25, 0.3) is 0 Å². The lowest BCUT2D eigenvalue weighted by Crippen LogP contribution is -2.33. The molecule has 0 atom stereocenters. The molecule has 0 unspecified atom stereocenters. The fraction of sp³-hybridized carbons (Fsp3) is 0.462. The molecule has 1 aliphatic heterocycles. The number of hydrogen-bond acceptors (Lipinski definition) is 4. The Morgan fingerprint density at radius 1 is 1.56 bits per heavy atom. The van der Waals surface area contributed by atoms with E-state index in [0.29, 0.717) is 5.56 Å². The number of pyridine rings is 1. The molecular formula is C13H17N4O. The van der Waals surface area contributed by atoms with Crippen molar-refractivity contribution in [2.75, 3.05) is 13.1 Å². The van der Waals surface area contributed by atoms with E-state index in [0.717, 1.165) is 38.2 Å². The van der Waals surface area contributed by atoms with Crippen molar-refractivity contribution in [1.82, 2.24) is 9.88 Å². The Balaban J connectivity index is 1.95. The molecule has 0 saturated carbocycles. The van der Waals surface area contributed by atoms with Crippen LogP contribution >= 0.6 is 0 Å². The Bertz CT molecular complexity index is 438. The maximum absolute atomic E-state index is 10.6. The number of carbonyl (C=O) groups excluding carboxylic acids is 1. The van der Waals surface area contributed by atoms with Crippen LogP contribution in [0, 0.1) is 11.3 Å². The highest BCUT2D eigenvalue weighted by Gasteiger charge is 2.19. The van der Waals surface area contributed by atoms with Crippen molar-refractivity contribution in [3.8, 4) is 0 Å². The number of likely N-dealkylation sites (tertiary alicyclic amines) is 1. The lowest BCUT2D eigenvalue weighted by atomic mass is 9.98. The summed E-state index contributed by atoms with van der Waals surface area (Å²) in [4.78, 5) is 17.1. The summed E-state index contributed by atoms with van der Waals surface area (Å²) < 4.78 is 0. The molecule has 0 spiro atoms. The van der Waals surface area contributed by atoms with E-state index in [9.17, 15) is 4.79 Å². The third kappa shape index (κ3) is 3.13. The van der Waals surface area contributed by atoms with Crippen molar-refractivity contribution < 1.29 is 4.79 Å². The van der Waals surface area contributed by atoms with Crippen LogP contribution in [0.1, 0.15) is 24.1 Å². The molecule has 0 bridgehead atoms. The molecule has 18 heavy (non-hydrogen) atoms. The molecule has 1 aromatic heterocycles. The molecule has 1 fully saturated rings. The Hall–Kier alpha value is -1.75. The first-order valence-corrected chi connectivity index (χ1v) is 6.08. The number of nitrogens with zero attached hydrogens (tertiary/aromatic N) is 2. The van der Waals surface area contributed by atoms with Crippen LogP contribution in [-0.2, 0) is 11.3 Å². The number of hydrogen-bond donors (Lipinski definition) is 2. The van der Waals surface area contributed by atoms with E-state index in [1.807, 2.05) is 6.07 Å². The van der Waals surface area contributed by atoms with Gasteiger partial charge in [0.2, 0.25) is 6.29 Å². The van der Waals surface area contributed by atoms with Gasteiger partial charge in [-0.2, -0.15) is 0 Å². The highest BCUT2D eigenvalue weighted by atomic mass is 16.1. The summed E-state index contributed by atoms with van der Waals surface area (Å²) in [7, 11) is 0. The number of rotatable bonds is 4. The van der Waals surface area contributed by atoms with Crippen molar-refractivity contribution in [1.29, 1.82) is 5.41 Å². The molecule has 5 heteroatoms. The lowest BCUT2D eigenvalue weighted by molar-refractivity contribution is 0.198. The summed E-state index contributed by atoms with van der Waals surface area (Å²) in [5.41, 5.74) is 7.07. The van der Waals surface area contributed by atoms with Gasteiger partial charge in [-0.15, -0.1) is 0 Å². The van der Waals surface area contributed by atoms with E-state index >= 15 is 0 Å². The summed E-state index contributed by atoms with van der Waals surface area (Å²) in [6.45, 7) is 2.53. The monoisotopic (exact) mass is 245 g/mol. The average molecular weight is 245 g/mol. The average Bonchev–Trinajstić information content (AvgIpc) is 2.40. The topological polar surface area (TPSA) is 83.1 Å². The molecule has 3 N–H and O–H groups in total. The molecule has 5 nitrogen and oxygen atoms in total. The molecule has 2 rings (SSSR count). The Morgan fingerprint density at radius 3 is 2.89 bits per heavy atom. The van der Waals surface area contributed by atoms with Gasteiger partial charge in [0, 0.05) is 24.2 Å². The molecule has 0 aliphatic carbocycles. The lowest BCUT2D eigenvalue weighted by Gasteiger charge is -2.28. The fourth-order valence-electron chi connectivity index (χ4n) is 2.17. The van der Waals surface area contributed by atoms with E-state index in [-0.39, 0.29) is 11.8 Å². The van der Waals surface area contributed by atoms with Crippen LogP contribution in [0.15, 0.2) is 18.3 Å². The maximum atomic E-state index is 10.6. The van der Waals surface area contributed by atoms with E-state index in [1.54, 1.807) is 12.3 Å². The van der Waals surface area contributed by atoms with Crippen molar-refractivity contribution in [3.63, 3.8) is 0 Å². The highest BCUT2D eigenvalue weighted by molar-refractivity contribution is 5.94. The molecule has 95 valence electrons. The third-order valence-corrected chi connectivity index (χ3v) is 3.27. The number of aromatic nitrogens is 1. The van der Waals surface area contributed by atoms with Gasteiger partial charge in [-0.1, -0.05) is 0 Å². The van der Waals surface area contributed by atoms with Gasteiger partial charge in [-0.3, -0.25) is 20.1 Å². The Morgan fingerprint density at radius 2 is 2.28 bits per heavy atom. The molecule has 0 amide bonds. The van der Waals surface area contributed by atoms with Gasteiger partial charge >= 0.3 is 0 Å². The van der Waals surface area contributed by atoms with Crippen LogP contribution in [-0.4, -0.2) is 35.1 Å². The minimum Gasteiger partial charge on any atom is -0.384 e. The molecule has 1 aromatic rings. The zero-order valence-corrected chi connectivity index (χ0v) is 10.2. The first kappa shape index (κ1) is 12.7. The number of amidine groups is 1. The SMILES string of the molecule is N=C(N)c1ccnc(CN2CCC([C]=O)CC2)c1. The van der Waals surface area contributed by atoms with Gasteiger partial charge in [0.05, 0.1) is 5.69 Å². The largest absolute Gasteiger partial charge is 0.384 e. The van der Waals surface area contributed by atoms with Crippen LogP contribution in [0.2, 0.25) is 0 Å². The Labute approximate surface area is 107 Å². The molecule has 0 aromatic carbocycles.